The molecule has 0 unspecified atom stereocenters. The Morgan fingerprint density at radius 2 is 1.17 bits per heavy atom. The number of nitrogens with zero attached hydrogens (tertiary/aromatic N) is 1. The van der Waals surface area contributed by atoms with Gasteiger partial charge >= 0.3 is 0 Å². The lowest BCUT2D eigenvalue weighted by Crippen LogP contribution is -2.17. The lowest BCUT2D eigenvalue weighted by Gasteiger charge is -2.28. The van der Waals surface area contributed by atoms with Crippen LogP contribution in [0.3, 0.4) is 0 Å². The van der Waals surface area contributed by atoms with E-state index in [-0.39, 0.29) is 35.3 Å². The van der Waals surface area contributed by atoms with Gasteiger partial charge in [0.1, 0.15) is 0 Å². The second-order valence-electron chi connectivity index (χ2n) is 9.50. The predicted octanol–water partition coefficient (Wildman–Crippen LogP) is 9.42. The Morgan fingerprint density at radius 1 is 0.600 bits per heavy atom. The van der Waals surface area contributed by atoms with Crippen LogP contribution >= 0.6 is 0 Å². The fraction of sp³-hybridized carbons (Fsp3) is 0.118. The highest BCUT2D eigenvalue weighted by Crippen LogP contribution is 2.43. The van der Waals surface area contributed by atoms with Crippen LogP contribution in [-0.2, 0) is 5.41 Å². The zero-order valence-electron chi connectivity index (χ0n) is 29.7. The minimum Gasteiger partial charge on any atom is -0.308 e. The van der Waals surface area contributed by atoms with Crippen molar-refractivity contribution in [3.05, 3.63) is 127 Å². The molecular weight excluding hydrogens is 422 g/mol. The van der Waals surface area contributed by atoms with Crippen LogP contribution in [-0.4, -0.2) is 4.57 Å². The van der Waals surface area contributed by atoms with Crippen molar-refractivity contribution >= 4 is 21.8 Å². The average molecular weight is 462 g/mol. The summed E-state index contributed by atoms with van der Waals surface area (Å²) in [6.45, 7) is 5.99. The topological polar surface area (TPSA) is 4.93 Å². The molecule has 0 fully saturated rings. The normalized spacial score (nSPS) is 15.9. The quantitative estimate of drug-likeness (QED) is 0.247. The molecule has 35 heavy (non-hydrogen) atoms. The number of benzene rings is 5. The highest BCUT2D eigenvalue weighted by Gasteiger charge is 2.26. The smallest absolute Gasteiger partial charge is 0.0629 e. The molecule has 0 radical (unpaired) electrons. The van der Waals surface area contributed by atoms with Crippen LogP contribution in [0.1, 0.15) is 40.0 Å². The van der Waals surface area contributed by atoms with Crippen LogP contribution in [0.4, 0.5) is 0 Å². The van der Waals surface area contributed by atoms with Gasteiger partial charge in [-0.1, -0.05) is 130 Å². The Morgan fingerprint density at radius 3 is 1.86 bits per heavy atom. The van der Waals surface area contributed by atoms with Crippen molar-refractivity contribution in [2.45, 2.75) is 26.2 Å². The van der Waals surface area contributed by atoms with Gasteiger partial charge in [0.2, 0.25) is 0 Å². The minimum atomic E-state index is -0.599. The molecule has 170 valence electrons. The van der Waals surface area contributed by atoms with Crippen LogP contribution in [0.5, 0.6) is 0 Å². The van der Waals surface area contributed by atoms with E-state index in [0.29, 0.717) is 22.3 Å². The van der Waals surface area contributed by atoms with E-state index in [4.69, 9.17) is 13.7 Å². The van der Waals surface area contributed by atoms with Gasteiger partial charge in [-0.25, -0.2) is 0 Å². The van der Waals surface area contributed by atoms with Gasteiger partial charge < -0.3 is 4.57 Å². The maximum absolute atomic E-state index is 8.78. The summed E-state index contributed by atoms with van der Waals surface area (Å²) in [4.78, 5) is 0. The Hall–Kier alpha value is -4.10. The number of rotatable bonds is 3. The van der Waals surface area contributed by atoms with Crippen LogP contribution in [0, 0.1) is 0 Å². The molecule has 0 amide bonds. The van der Waals surface area contributed by atoms with Gasteiger partial charge in [0.15, 0.2) is 0 Å². The van der Waals surface area contributed by atoms with Gasteiger partial charge in [-0.3, -0.25) is 0 Å². The van der Waals surface area contributed by atoms with Crippen molar-refractivity contribution in [1.29, 1.82) is 0 Å². The third-order valence-corrected chi connectivity index (χ3v) is 6.27. The monoisotopic (exact) mass is 461 g/mol. The number of fused-ring (bicyclic) bond motifs is 3. The van der Waals surface area contributed by atoms with E-state index in [1.54, 1.807) is 18.2 Å². The Labute approximate surface area is 221 Å². The van der Waals surface area contributed by atoms with Crippen LogP contribution in [0.15, 0.2) is 121 Å². The molecular formula is C34H29N. The lowest BCUT2D eigenvalue weighted by atomic mass is 9.80. The molecule has 1 heteroatoms. The molecule has 6 aromatic rings. The van der Waals surface area contributed by atoms with Gasteiger partial charge in [-0.05, 0) is 39.8 Å². The number of aromatic nitrogens is 1. The zero-order chi connectivity index (χ0) is 32.7. The maximum Gasteiger partial charge on any atom is 0.0629 e. The molecule has 6 rings (SSSR count). The summed E-state index contributed by atoms with van der Waals surface area (Å²) in [6, 6.07) is 14.8. The van der Waals surface area contributed by atoms with E-state index in [2.05, 4.69) is 0 Å². The molecule has 0 atom stereocenters. The first-order valence-corrected chi connectivity index (χ1v) is 11.5. The third kappa shape index (κ3) is 3.56. The van der Waals surface area contributed by atoms with E-state index in [9.17, 15) is 0 Å². The summed E-state index contributed by atoms with van der Waals surface area (Å²) >= 11 is 0. The van der Waals surface area contributed by atoms with Crippen molar-refractivity contribution < 1.29 is 13.7 Å². The van der Waals surface area contributed by atoms with Gasteiger partial charge in [-0.15, -0.1) is 0 Å². The number of para-hydroxylation sites is 2. The Balaban J connectivity index is 1.84. The molecule has 0 aliphatic rings. The molecule has 1 heterocycles. The molecule has 0 saturated heterocycles. The zero-order valence-corrected chi connectivity index (χ0v) is 19.7. The molecule has 0 aliphatic carbocycles. The first-order chi connectivity index (χ1) is 21.2. The standard InChI is InChI=1S/C34H29N/c1-34(2,3)32-26(24-14-6-4-7-15-24)19-13-23-31(32)35-30-22-11-10-18-28(30)29-21-12-20-27(33(29)35)25-16-8-5-9-17-25/h4-23H,1-3H3/i4D,5D,6D,7D,8D,9D,14D,15D,16D,17D. The molecule has 0 saturated carbocycles. The summed E-state index contributed by atoms with van der Waals surface area (Å²) < 4.78 is 86.7. The van der Waals surface area contributed by atoms with Gasteiger partial charge in [-0.2, -0.15) is 0 Å². The first-order valence-electron chi connectivity index (χ1n) is 16.5. The molecule has 0 N–H and O–H groups in total. The van der Waals surface area contributed by atoms with Crippen LogP contribution < -0.4 is 0 Å². The van der Waals surface area contributed by atoms with Gasteiger partial charge in [0.25, 0.3) is 0 Å². The SMILES string of the molecule is [2H]c1c([2H])c([2H])c(-c2cccc(-n3c4ccccc4c4cccc(-c5c([2H])c([2H])c([2H])c([2H])c5[2H])c43)c2C(C)(C)C)c([2H])c1[2H]. The summed E-state index contributed by atoms with van der Waals surface area (Å²) in [7, 11) is 0. The summed E-state index contributed by atoms with van der Waals surface area (Å²) in [5.41, 5.74) is 3.35. The van der Waals surface area contributed by atoms with Crippen molar-refractivity contribution in [1.82, 2.24) is 4.57 Å². The van der Waals surface area contributed by atoms with E-state index >= 15 is 0 Å². The van der Waals surface area contributed by atoms with Crippen molar-refractivity contribution in [3.63, 3.8) is 0 Å². The molecule has 5 aromatic carbocycles. The van der Waals surface area contributed by atoms with Crippen LogP contribution in [0.25, 0.3) is 49.7 Å². The van der Waals surface area contributed by atoms with E-state index in [1.165, 1.54) is 0 Å². The lowest BCUT2D eigenvalue weighted by molar-refractivity contribution is 0.589. The third-order valence-electron chi connectivity index (χ3n) is 6.27. The fourth-order valence-electron chi connectivity index (χ4n) is 4.96. The maximum atomic E-state index is 8.78. The minimum absolute atomic E-state index is 0.0785. The van der Waals surface area contributed by atoms with Gasteiger partial charge in [0.05, 0.1) is 30.4 Å². The highest BCUT2D eigenvalue weighted by molar-refractivity contribution is 6.14. The van der Waals surface area contributed by atoms with Crippen LogP contribution in [0.2, 0.25) is 0 Å². The molecule has 1 nitrogen and oxygen atoms in total. The Kier molecular flexibility index (Phi) is 3.10. The van der Waals surface area contributed by atoms with E-state index in [1.807, 2.05) is 67.8 Å². The summed E-state index contributed by atoms with van der Waals surface area (Å²) in [6.07, 6.45) is 0. The average Bonchev–Trinajstić information content (AvgIpc) is 3.35. The highest BCUT2D eigenvalue weighted by atomic mass is 15.0. The molecule has 0 bridgehead atoms. The van der Waals surface area contributed by atoms with E-state index in [0.717, 1.165) is 21.9 Å². The van der Waals surface area contributed by atoms with E-state index < -0.39 is 41.7 Å². The predicted molar refractivity (Wildman–Crippen MR) is 150 cm³/mol. The second-order valence-corrected chi connectivity index (χ2v) is 9.50. The first kappa shape index (κ1) is 13.1. The largest absolute Gasteiger partial charge is 0.308 e. The molecule has 1 aromatic heterocycles. The Bertz CT molecular complexity index is 2150. The number of hydrogen-bond donors (Lipinski definition) is 0. The summed E-state index contributed by atoms with van der Waals surface area (Å²) in [5, 5.41) is 1.69. The second kappa shape index (κ2) is 8.29. The number of hydrogen-bond acceptors (Lipinski definition) is 0. The van der Waals surface area contributed by atoms with Crippen molar-refractivity contribution in [3.8, 4) is 27.9 Å². The molecule has 0 spiro atoms. The van der Waals surface area contributed by atoms with Crippen molar-refractivity contribution in [2.75, 3.05) is 0 Å². The van der Waals surface area contributed by atoms with Gasteiger partial charge in [0, 0.05) is 16.3 Å². The fourth-order valence-corrected chi connectivity index (χ4v) is 4.96. The summed E-state index contributed by atoms with van der Waals surface area (Å²) in [5.74, 6) is 0. The molecule has 0 aliphatic heterocycles. The van der Waals surface area contributed by atoms with Crippen molar-refractivity contribution in [2.24, 2.45) is 0 Å².